The zero-order chi connectivity index (χ0) is 22.9. The molecule has 0 unspecified atom stereocenters. The minimum absolute atomic E-state index is 0.102. The molecule has 33 heavy (non-hydrogen) atoms. The minimum Gasteiger partial charge on any atom is -0.325 e. The highest BCUT2D eigenvalue weighted by Crippen LogP contribution is 2.39. The molecule has 0 saturated heterocycles. The number of anilines is 1. The molecule has 1 amide bonds. The molecule has 2 atom stereocenters. The number of nitrogens with one attached hydrogen (secondary N) is 2. The average Bonchev–Trinajstić information content (AvgIpc) is 3.24. The summed E-state index contributed by atoms with van der Waals surface area (Å²) in [6.45, 7) is 4.03. The summed E-state index contributed by atoms with van der Waals surface area (Å²) in [5, 5.41) is 12.7. The van der Waals surface area contributed by atoms with E-state index in [4.69, 9.17) is 11.6 Å². The third-order valence-electron chi connectivity index (χ3n) is 5.60. The van der Waals surface area contributed by atoms with Crippen LogP contribution in [-0.2, 0) is 4.79 Å². The predicted octanol–water partition coefficient (Wildman–Crippen LogP) is 5.61. The van der Waals surface area contributed by atoms with Crippen LogP contribution in [0.3, 0.4) is 0 Å². The van der Waals surface area contributed by atoms with Crippen molar-refractivity contribution >= 4 is 35.0 Å². The molecule has 6 nitrogen and oxygen atoms in total. The molecular weight excluding hydrogens is 454 g/mol. The SMILES string of the molecule is Cc1ccc(NC(=O)[C@H]2Sc3nnc(-c4ccccc4)n3N[C@H]2c2ccc(Cl)cc2)c(C)c1. The number of hydrogen-bond acceptors (Lipinski definition) is 5. The number of nitrogens with zero attached hydrogens (tertiary/aromatic N) is 3. The van der Waals surface area contributed by atoms with Crippen LogP contribution in [0.2, 0.25) is 5.02 Å². The van der Waals surface area contributed by atoms with Crippen molar-refractivity contribution in [2.75, 3.05) is 10.7 Å². The van der Waals surface area contributed by atoms with Crippen LogP contribution in [-0.4, -0.2) is 26.0 Å². The van der Waals surface area contributed by atoms with Crippen molar-refractivity contribution in [1.29, 1.82) is 0 Å². The van der Waals surface area contributed by atoms with E-state index in [1.807, 2.05) is 85.3 Å². The van der Waals surface area contributed by atoms with Gasteiger partial charge in [-0.15, -0.1) is 10.2 Å². The van der Waals surface area contributed by atoms with E-state index in [0.29, 0.717) is 16.0 Å². The number of rotatable bonds is 4. The first-order valence-electron chi connectivity index (χ1n) is 10.6. The Morgan fingerprint density at radius 3 is 2.52 bits per heavy atom. The van der Waals surface area contributed by atoms with Gasteiger partial charge in [0.05, 0.1) is 6.04 Å². The van der Waals surface area contributed by atoms with Gasteiger partial charge in [0.25, 0.3) is 0 Å². The standard InChI is InChI=1S/C25H22ClN5OS/c1-15-8-13-20(16(2)14-15)27-24(32)22-21(17-9-11-19(26)12-10-17)30-31-23(28-29-25(31)33-22)18-6-4-3-5-7-18/h3-14,21-22,30H,1-2H3,(H,27,32)/t21-,22-/m0/s1. The molecule has 2 N–H and O–H groups in total. The summed E-state index contributed by atoms with van der Waals surface area (Å²) >= 11 is 7.52. The molecule has 3 aromatic carbocycles. The maximum atomic E-state index is 13.5. The van der Waals surface area contributed by atoms with Crippen molar-refractivity contribution in [3.8, 4) is 11.4 Å². The van der Waals surface area contributed by atoms with Crippen molar-refractivity contribution in [3.05, 3.63) is 94.5 Å². The second-order valence-corrected chi connectivity index (χ2v) is 9.56. The molecule has 4 aromatic rings. The highest BCUT2D eigenvalue weighted by molar-refractivity contribution is 8.00. The van der Waals surface area contributed by atoms with Crippen molar-refractivity contribution in [1.82, 2.24) is 14.9 Å². The third-order valence-corrected chi connectivity index (χ3v) is 7.06. The molecule has 2 heterocycles. The van der Waals surface area contributed by atoms with Crippen LogP contribution in [0.25, 0.3) is 11.4 Å². The summed E-state index contributed by atoms with van der Waals surface area (Å²) in [6.07, 6.45) is 0. The predicted molar refractivity (Wildman–Crippen MR) is 133 cm³/mol. The molecule has 0 bridgehead atoms. The maximum Gasteiger partial charge on any atom is 0.240 e. The van der Waals surface area contributed by atoms with E-state index in [1.165, 1.54) is 11.8 Å². The summed E-state index contributed by atoms with van der Waals surface area (Å²) in [4.78, 5) is 13.5. The molecule has 0 aliphatic carbocycles. The number of benzene rings is 3. The Morgan fingerprint density at radius 2 is 1.79 bits per heavy atom. The lowest BCUT2D eigenvalue weighted by Gasteiger charge is -2.33. The van der Waals surface area contributed by atoms with E-state index < -0.39 is 5.25 Å². The molecule has 0 fully saturated rings. The summed E-state index contributed by atoms with van der Waals surface area (Å²) in [5.41, 5.74) is 8.36. The Morgan fingerprint density at radius 1 is 1.03 bits per heavy atom. The first kappa shape index (κ1) is 21.6. The molecule has 5 rings (SSSR count). The van der Waals surface area contributed by atoms with E-state index in [9.17, 15) is 4.79 Å². The quantitative estimate of drug-likeness (QED) is 0.401. The molecule has 0 saturated carbocycles. The zero-order valence-electron chi connectivity index (χ0n) is 18.1. The number of aryl methyl sites for hydroxylation is 2. The van der Waals surface area contributed by atoms with Crippen molar-refractivity contribution in [3.63, 3.8) is 0 Å². The highest BCUT2D eigenvalue weighted by Gasteiger charge is 2.38. The molecule has 0 radical (unpaired) electrons. The van der Waals surface area contributed by atoms with Gasteiger partial charge in [-0.2, -0.15) is 0 Å². The average molecular weight is 476 g/mol. The third kappa shape index (κ3) is 4.34. The van der Waals surface area contributed by atoms with E-state index in [1.54, 1.807) is 0 Å². The Bertz CT molecular complexity index is 1310. The van der Waals surface area contributed by atoms with Gasteiger partial charge < -0.3 is 10.7 Å². The Kier molecular flexibility index (Phi) is 5.83. The number of thioether (sulfide) groups is 1. The first-order chi connectivity index (χ1) is 16.0. The largest absolute Gasteiger partial charge is 0.325 e. The first-order valence-corrected chi connectivity index (χ1v) is 11.8. The number of aromatic nitrogens is 3. The van der Waals surface area contributed by atoms with Crippen LogP contribution >= 0.6 is 23.4 Å². The number of hydrogen-bond donors (Lipinski definition) is 2. The smallest absolute Gasteiger partial charge is 0.240 e. The van der Waals surface area contributed by atoms with Gasteiger partial charge in [-0.05, 0) is 43.2 Å². The van der Waals surface area contributed by atoms with Crippen LogP contribution in [0.4, 0.5) is 5.69 Å². The lowest BCUT2D eigenvalue weighted by atomic mass is 10.0. The molecule has 1 aromatic heterocycles. The van der Waals surface area contributed by atoms with E-state index in [-0.39, 0.29) is 11.9 Å². The lowest BCUT2D eigenvalue weighted by Crippen LogP contribution is -2.41. The highest BCUT2D eigenvalue weighted by atomic mass is 35.5. The molecule has 8 heteroatoms. The van der Waals surface area contributed by atoms with Crippen LogP contribution in [0.15, 0.2) is 78.0 Å². The molecule has 1 aliphatic rings. The molecule has 1 aliphatic heterocycles. The van der Waals surface area contributed by atoms with Crippen LogP contribution in [0.5, 0.6) is 0 Å². The van der Waals surface area contributed by atoms with Crippen molar-refractivity contribution in [2.45, 2.75) is 30.3 Å². The van der Waals surface area contributed by atoms with Crippen molar-refractivity contribution < 1.29 is 4.79 Å². The molecular formula is C25H22ClN5OS. The Labute approximate surface area is 201 Å². The Hall–Kier alpha value is -3.29. The van der Waals surface area contributed by atoms with Gasteiger partial charge >= 0.3 is 0 Å². The van der Waals surface area contributed by atoms with Gasteiger partial charge in [0, 0.05) is 16.3 Å². The Balaban J connectivity index is 1.51. The topological polar surface area (TPSA) is 71.8 Å². The monoisotopic (exact) mass is 475 g/mol. The number of fused-ring (bicyclic) bond motifs is 1. The molecule has 0 spiro atoms. The number of carbonyl (C=O) groups is 1. The molecule has 166 valence electrons. The fourth-order valence-corrected chi connectivity index (χ4v) is 5.11. The normalized spacial score (nSPS) is 17.2. The van der Waals surface area contributed by atoms with E-state index in [2.05, 4.69) is 27.0 Å². The van der Waals surface area contributed by atoms with Gasteiger partial charge in [-0.3, -0.25) is 4.79 Å². The maximum absolute atomic E-state index is 13.5. The number of carbonyl (C=O) groups excluding carboxylic acids is 1. The summed E-state index contributed by atoms with van der Waals surface area (Å²) in [6, 6.07) is 23.1. The van der Waals surface area contributed by atoms with Crippen LogP contribution in [0.1, 0.15) is 22.7 Å². The van der Waals surface area contributed by atoms with Gasteiger partial charge in [-0.1, -0.05) is 83.5 Å². The van der Waals surface area contributed by atoms with Gasteiger partial charge in [-0.25, -0.2) is 4.68 Å². The number of halogens is 1. The zero-order valence-corrected chi connectivity index (χ0v) is 19.7. The lowest BCUT2D eigenvalue weighted by molar-refractivity contribution is -0.116. The van der Waals surface area contributed by atoms with E-state index in [0.717, 1.165) is 27.9 Å². The second-order valence-electron chi connectivity index (χ2n) is 8.01. The van der Waals surface area contributed by atoms with Gasteiger partial charge in [0.2, 0.25) is 11.1 Å². The summed E-state index contributed by atoms with van der Waals surface area (Å²) in [5.74, 6) is 0.597. The van der Waals surface area contributed by atoms with Gasteiger partial charge in [0.1, 0.15) is 5.25 Å². The van der Waals surface area contributed by atoms with Gasteiger partial charge in [0.15, 0.2) is 5.82 Å². The second kappa shape index (κ2) is 8.92. The fraction of sp³-hybridized carbons (Fsp3) is 0.160. The fourth-order valence-electron chi connectivity index (χ4n) is 3.91. The van der Waals surface area contributed by atoms with E-state index >= 15 is 0 Å². The summed E-state index contributed by atoms with van der Waals surface area (Å²) in [7, 11) is 0. The number of amides is 1. The van der Waals surface area contributed by atoms with Crippen LogP contribution in [0, 0.1) is 13.8 Å². The summed E-state index contributed by atoms with van der Waals surface area (Å²) < 4.78 is 1.86. The minimum atomic E-state index is -0.466. The van der Waals surface area contributed by atoms with Crippen LogP contribution < -0.4 is 10.7 Å². The van der Waals surface area contributed by atoms with Crippen molar-refractivity contribution in [2.24, 2.45) is 0 Å².